The number of carbonyl (C=O) groups excluding carboxylic acids is 3. The highest BCUT2D eigenvalue weighted by Gasteiger charge is 2.11. The zero-order chi connectivity index (χ0) is 24.2. The van der Waals surface area contributed by atoms with Crippen molar-refractivity contribution in [1.29, 1.82) is 0 Å². The molecule has 0 amide bonds. The van der Waals surface area contributed by atoms with Crippen molar-refractivity contribution in [1.82, 2.24) is 0 Å². The maximum atomic E-state index is 12.4. The number of carbonyl (C=O) groups is 3. The van der Waals surface area contributed by atoms with Gasteiger partial charge in [-0.2, -0.15) is 0 Å². The summed E-state index contributed by atoms with van der Waals surface area (Å²) in [6.45, 7) is 4.10. The molecular formula is C27H24O7. The number of rotatable bonds is 11. The van der Waals surface area contributed by atoms with Crippen LogP contribution in [-0.2, 0) is 9.53 Å². The molecule has 0 aromatic heterocycles. The third kappa shape index (κ3) is 7.63. The summed E-state index contributed by atoms with van der Waals surface area (Å²) in [5, 5.41) is 0. The minimum atomic E-state index is -0.524. The van der Waals surface area contributed by atoms with E-state index >= 15 is 0 Å². The molecule has 7 heteroatoms. The standard InChI is InChI=1S/C27H24O7/c1-2-25(28)32-19-7-6-18-31-22-12-10-21(11-13-22)27(30)34-24-16-14-23(15-17-24)33-26(29)20-8-4-3-5-9-20/h2-5,8-17H,1,6-7,18-19H2. The third-order valence-corrected chi connectivity index (χ3v) is 4.56. The molecule has 0 heterocycles. The summed E-state index contributed by atoms with van der Waals surface area (Å²) in [6.07, 6.45) is 2.51. The van der Waals surface area contributed by atoms with E-state index in [-0.39, 0.29) is 0 Å². The lowest BCUT2D eigenvalue weighted by Gasteiger charge is -2.08. The van der Waals surface area contributed by atoms with Gasteiger partial charge in [-0.05, 0) is 73.5 Å². The van der Waals surface area contributed by atoms with Crippen LogP contribution in [0.25, 0.3) is 0 Å². The van der Waals surface area contributed by atoms with Crippen molar-refractivity contribution in [2.75, 3.05) is 13.2 Å². The summed E-state index contributed by atoms with van der Waals surface area (Å²) in [5.41, 5.74) is 0.808. The maximum Gasteiger partial charge on any atom is 0.343 e. The van der Waals surface area contributed by atoms with E-state index in [1.54, 1.807) is 72.8 Å². The second-order valence-electron chi connectivity index (χ2n) is 7.07. The van der Waals surface area contributed by atoms with E-state index in [9.17, 15) is 14.4 Å². The highest BCUT2D eigenvalue weighted by Crippen LogP contribution is 2.20. The van der Waals surface area contributed by atoms with Gasteiger partial charge in [-0.3, -0.25) is 0 Å². The molecule has 34 heavy (non-hydrogen) atoms. The fourth-order valence-electron chi connectivity index (χ4n) is 2.79. The van der Waals surface area contributed by atoms with E-state index in [0.29, 0.717) is 54.4 Å². The molecule has 0 atom stereocenters. The molecule has 174 valence electrons. The predicted molar refractivity (Wildman–Crippen MR) is 125 cm³/mol. The van der Waals surface area contributed by atoms with Crippen molar-refractivity contribution < 1.29 is 33.3 Å². The largest absolute Gasteiger partial charge is 0.494 e. The molecule has 0 aliphatic carbocycles. The Labute approximate surface area is 197 Å². The molecule has 0 aliphatic heterocycles. The molecule has 3 aromatic carbocycles. The molecule has 0 aliphatic rings. The fraction of sp³-hybridized carbons (Fsp3) is 0.148. The maximum absolute atomic E-state index is 12.4. The lowest BCUT2D eigenvalue weighted by atomic mass is 10.2. The SMILES string of the molecule is C=CC(=O)OCCCCOc1ccc(C(=O)Oc2ccc(OC(=O)c3ccccc3)cc2)cc1. The number of hydrogen-bond acceptors (Lipinski definition) is 7. The summed E-state index contributed by atoms with van der Waals surface area (Å²) in [7, 11) is 0. The van der Waals surface area contributed by atoms with Crippen LogP contribution in [0.4, 0.5) is 0 Å². The van der Waals surface area contributed by atoms with E-state index in [1.165, 1.54) is 0 Å². The van der Waals surface area contributed by atoms with Crippen LogP contribution in [0.15, 0.2) is 91.5 Å². The minimum absolute atomic E-state index is 0.315. The zero-order valence-electron chi connectivity index (χ0n) is 18.5. The van der Waals surface area contributed by atoms with E-state index in [0.717, 1.165) is 6.08 Å². The summed E-state index contributed by atoms with van der Waals surface area (Å²) in [6, 6.07) is 21.4. The van der Waals surface area contributed by atoms with Gasteiger partial charge in [0, 0.05) is 6.08 Å². The lowest BCUT2D eigenvalue weighted by Crippen LogP contribution is -2.09. The van der Waals surface area contributed by atoms with Crippen LogP contribution >= 0.6 is 0 Å². The van der Waals surface area contributed by atoms with Gasteiger partial charge in [0.1, 0.15) is 17.2 Å². The number of esters is 3. The van der Waals surface area contributed by atoms with Crippen LogP contribution < -0.4 is 14.2 Å². The molecule has 7 nitrogen and oxygen atoms in total. The Hall–Kier alpha value is -4.39. The topological polar surface area (TPSA) is 88.1 Å². The molecule has 0 fully saturated rings. The molecule has 0 unspecified atom stereocenters. The van der Waals surface area contributed by atoms with Crippen LogP contribution in [0.2, 0.25) is 0 Å². The van der Waals surface area contributed by atoms with Gasteiger partial charge in [-0.1, -0.05) is 24.8 Å². The van der Waals surface area contributed by atoms with Crippen LogP contribution in [0, 0.1) is 0 Å². The predicted octanol–water partition coefficient (Wildman–Crippen LogP) is 5.01. The Morgan fingerprint density at radius 3 is 1.71 bits per heavy atom. The monoisotopic (exact) mass is 460 g/mol. The van der Waals surface area contributed by atoms with Gasteiger partial charge in [-0.25, -0.2) is 14.4 Å². The Bertz CT molecular complexity index is 1100. The van der Waals surface area contributed by atoms with Gasteiger partial charge in [-0.15, -0.1) is 0 Å². The second-order valence-corrected chi connectivity index (χ2v) is 7.07. The highest BCUT2D eigenvalue weighted by molar-refractivity contribution is 5.92. The highest BCUT2D eigenvalue weighted by atomic mass is 16.5. The number of benzene rings is 3. The van der Waals surface area contributed by atoms with E-state index in [4.69, 9.17) is 18.9 Å². The normalized spacial score (nSPS) is 10.1. The molecule has 0 N–H and O–H groups in total. The van der Waals surface area contributed by atoms with Crippen molar-refractivity contribution in [2.45, 2.75) is 12.8 Å². The van der Waals surface area contributed by atoms with Gasteiger partial charge >= 0.3 is 17.9 Å². The minimum Gasteiger partial charge on any atom is -0.494 e. The Morgan fingerprint density at radius 2 is 1.15 bits per heavy atom. The Balaban J connectivity index is 1.43. The Morgan fingerprint density at radius 1 is 0.647 bits per heavy atom. The summed E-state index contributed by atoms with van der Waals surface area (Å²) >= 11 is 0. The van der Waals surface area contributed by atoms with E-state index < -0.39 is 17.9 Å². The first-order valence-corrected chi connectivity index (χ1v) is 10.7. The molecule has 0 spiro atoms. The quantitative estimate of drug-likeness (QED) is 0.172. The average Bonchev–Trinajstić information content (AvgIpc) is 2.88. The van der Waals surface area contributed by atoms with Gasteiger partial charge in [0.2, 0.25) is 0 Å². The van der Waals surface area contributed by atoms with Crippen molar-refractivity contribution in [3.8, 4) is 17.2 Å². The molecule has 0 saturated heterocycles. The van der Waals surface area contributed by atoms with Crippen molar-refractivity contribution in [3.05, 3.63) is 103 Å². The van der Waals surface area contributed by atoms with Gasteiger partial charge < -0.3 is 18.9 Å². The molecule has 0 bridgehead atoms. The molecule has 0 radical (unpaired) electrons. The van der Waals surface area contributed by atoms with Crippen LogP contribution in [-0.4, -0.2) is 31.1 Å². The van der Waals surface area contributed by atoms with Crippen LogP contribution in [0.5, 0.6) is 17.2 Å². The average molecular weight is 460 g/mol. The first-order valence-electron chi connectivity index (χ1n) is 10.7. The van der Waals surface area contributed by atoms with E-state index in [2.05, 4.69) is 6.58 Å². The zero-order valence-corrected chi connectivity index (χ0v) is 18.5. The molecule has 3 rings (SSSR count). The van der Waals surface area contributed by atoms with E-state index in [1.807, 2.05) is 6.07 Å². The summed E-state index contributed by atoms with van der Waals surface area (Å²) in [4.78, 5) is 35.4. The first-order chi connectivity index (χ1) is 16.5. The van der Waals surface area contributed by atoms with Crippen molar-refractivity contribution in [2.24, 2.45) is 0 Å². The molecule has 3 aromatic rings. The number of unbranched alkanes of at least 4 members (excludes halogenated alkanes) is 1. The lowest BCUT2D eigenvalue weighted by molar-refractivity contribution is -0.137. The van der Waals surface area contributed by atoms with Gasteiger partial charge in [0.15, 0.2) is 0 Å². The molecular weight excluding hydrogens is 436 g/mol. The number of hydrogen-bond donors (Lipinski definition) is 0. The summed E-state index contributed by atoms with van der Waals surface area (Å²) < 4.78 is 21.2. The number of ether oxygens (including phenoxy) is 4. The first kappa shape index (κ1) is 24.3. The van der Waals surface area contributed by atoms with Gasteiger partial charge in [0.25, 0.3) is 0 Å². The van der Waals surface area contributed by atoms with Crippen molar-refractivity contribution >= 4 is 17.9 Å². The summed E-state index contributed by atoms with van der Waals surface area (Å²) in [5.74, 6) is -0.153. The van der Waals surface area contributed by atoms with Gasteiger partial charge in [0.05, 0.1) is 24.3 Å². The second kappa shape index (κ2) is 12.6. The smallest absolute Gasteiger partial charge is 0.343 e. The Kier molecular flexibility index (Phi) is 8.99. The third-order valence-electron chi connectivity index (χ3n) is 4.56. The fourth-order valence-corrected chi connectivity index (χ4v) is 2.79. The van der Waals surface area contributed by atoms with Crippen LogP contribution in [0.1, 0.15) is 33.6 Å². The van der Waals surface area contributed by atoms with Crippen LogP contribution in [0.3, 0.4) is 0 Å². The molecule has 0 saturated carbocycles. The van der Waals surface area contributed by atoms with Crippen molar-refractivity contribution in [3.63, 3.8) is 0 Å².